The van der Waals surface area contributed by atoms with Crippen molar-refractivity contribution in [3.05, 3.63) is 46.7 Å². The summed E-state index contributed by atoms with van der Waals surface area (Å²) in [6.45, 7) is 5.44. The maximum absolute atomic E-state index is 12.8. The number of methoxy groups -OCH3 is 1. The second-order valence-corrected chi connectivity index (χ2v) is 7.64. The van der Waals surface area contributed by atoms with Gasteiger partial charge in [0, 0.05) is 6.20 Å². The van der Waals surface area contributed by atoms with Crippen LogP contribution in [0.4, 0.5) is 0 Å². The smallest absolute Gasteiger partial charge is 0.268 e. The summed E-state index contributed by atoms with van der Waals surface area (Å²) in [5.74, 6) is 0.512. The molecule has 4 rings (SSSR count). The second-order valence-electron chi connectivity index (χ2n) is 7.26. The van der Waals surface area contributed by atoms with Crippen LogP contribution in [0.5, 0.6) is 5.75 Å². The van der Waals surface area contributed by atoms with E-state index in [1.165, 1.54) is 11.1 Å². The van der Waals surface area contributed by atoms with Gasteiger partial charge in [-0.3, -0.25) is 10.2 Å². The number of ether oxygens (including phenoxy) is 1. The number of hydrogen-bond acceptors (Lipinski definition) is 5. The maximum atomic E-state index is 12.8. The van der Waals surface area contributed by atoms with Gasteiger partial charge in [0.05, 0.1) is 67.7 Å². The number of pyridine rings is 1. The highest BCUT2D eigenvalue weighted by atomic mass is 35.5. The second kappa shape index (κ2) is 7.98. The summed E-state index contributed by atoms with van der Waals surface area (Å²) < 4.78 is 6.93. The Morgan fingerprint density at radius 2 is 1.93 bits per heavy atom. The van der Waals surface area contributed by atoms with E-state index in [2.05, 4.69) is 22.6 Å². The number of likely N-dealkylation sites (N-methyl/N-ethyl adjacent to an activating group) is 1. The van der Waals surface area contributed by atoms with Crippen molar-refractivity contribution in [1.29, 1.82) is 0 Å². The van der Waals surface area contributed by atoms with Gasteiger partial charge in [0.1, 0.15) is 5.75 Å². The molecule has 1 aromatic carbocycles. The third-order valence-electron chi connectivity index (χ3n) is 5.25. The van der Waals surface area contributed by atoms with Crippen LogP contribution in [-0.4, -0.2) is 66.0 Å². The van der Waals surface area contributed by atoms with E-state index >= 15 is 0 Å². The third kappa shape index (κ3) is 3.78. The normalized spacial score (nSPS) is 15.6. The number of halogens is 1. The standard InChI is InChI=1S/C20H23ClN6O2/c1-13-17-18(21)16(20(28)24-26-10-8-25(2)9-11-26)12-22-19(17)27(23-13)14-4-6-15(29-3)7-5-14/h4-7,12H,8-11H2,1-3H3,(H,24,28)/p+1. The lowest BCUT2D eigenvalue weighted by Crippen LogP contribution is -3.12. The summed E-state index contributed by atoms with van der Waals surface area (Å²) in [6.07, 6.45) is 1.52. The molecule has 29 heavy (non-hydrogen) atoms. The summed E-state index contributed by atoms with van der Waals surface area (Å²) in [6, 6.07) is 7.52. The fourth-order valence-corrected chi connectivity index (χ4v) is 3.83. The van der Waals surface area contributed by atoms with Crippen LogP contribution < -0.4 is 15.1 Å². The topological polar surface area (TPSA) is 76.7 Å². The number of carbonyl (C=O) groups excluding carboxylic acids is 1. The van der Waals surface area contributed by atoms with Crippen molar-refractivity contribution in [3.8, 4) is 11.4 Å². The molecule has 152 valence electrons. The Labute approximate surface area is 174 Å². The zero-order valence-corrected chi connectivity index (χ0v) is 17.5. The fraction of sp³-hybridized carbons (Fsp3) is 0.350. The van der Waals surface area contributed by atoms with Gasteiger partial charge in [0.15, 0.2) is 5.65 Å². The number of rotatable bonds is 4. The zero-order valence-electron chi connectivity index (χ0n) is 16.7. The van der Waals surface area contributed by atoms with Crippen molar-refractivity contribution in [3.63, 3.8) is 0 Å². The molecule has 0 radical (unpaired) electrons. The number of piperazine rings is 1. The molecule has 1 aliphatic rings. The molecule has 0 saturated carbocycles. The summed E-state index contributed by atoms with van der Waals surface area (Å²) in [5, 5.41) is 7.56. The molecule has 1 aliphatic heterocycles. The van der Waals surface area contributed by atoms with E-state index in [-0.39, 0.29) is 5.91 Å². The summed E-state index contributed by atoms with van der Waals surface area (Å²) >= 11 is 6.63. The SMILES string of the molecule is COc1ccc(-n2nc(C)c3c(Cl)c(C(=O)NN4CC[NH+](C)CC4)cnc32)cc1. The van der Waals surface area contributed by atoms with Gasteiger partial charge in [0.25, 0.3) is 5.91 Å². The monoisotopic (exact) mass is 415 g/mol. The van der Waals surface area contributed by atoms with Gasteiger partial charge in [-0.25, -0.2) is 14.7 Å². The van der Waals surface area contributed by atoms with E-state index in [0.717, 1.165) is 37.6 Å². The first-order valence-electron chi connectivity index (χ1n) is 9.53. The van der Waals surface area contributed by atoms with Crippen LogP contribution in [-0.2, 0) is 0 Å². The summed E-state index contributed by atoms with van der Waals surface area (Å²) in [5.41, 5.74) is 5.46. The van der Waals surface area contributed by atoms with Crippen molar-refractivity contribution < 1.29 is 14.4 Å². The van der Waals surface area contributed by atoms with E-state index in [4.69, 9.17) is 16.3 Å². The number of nitrogens with one attached hydrogen (secondary N) is 2. The van der Waals surface area contributed by atoms with Crippen LogP contribution in [0, 0.1) is 6.92 Å². The molecule has 1 saturated heterocycles. The summed E-state index contributed by atoms with van der Waals surface area (Å²) in [4.78, 5) is 18.8. The minimum absolute atomic E-state index is 0.249. The minimum Gasteiger partial charge on any atom is -0.497 e. The molecule has 0 spiro atoms. The molecular weight excluding hydrogens is 392 g/mol. The van der Waals surface area contributed by atoms with Gasteiger partial charge < -0.3 is 9.64 Å². The molecule has 3 heterocycles. The van der Waals surface area contributed by atoms with Gasteiger partial charge in [0.2, 0.25) is 0 Å². The lowest BCUT2D eigenvalue weighted by atomic mass is 10.2. The average molecular weight is 416 g/mol. The first-order valence-corrected chi connectivity index (χ1v) is 9.91. The number of nitrogens with zero attached hydrogens (tertiary/aromatic N) is 4. The van der Waals surface area contributed by atoms with Gasteiger partial charge in [-0.15, -0.1) is 0 Å². The molecule has 0 unspecified atom stereocenters. The Morgan fingerprint density at radius 1 is 1.24 bits per heavy atom. The van der Waals surface area contributed by atoms with E-state index in [1.54, 1.807) is 11.8 Å². The molecule has 2 aromatic heterocycles. The third-order valence-corrected chi connectivity index (χ3v) is 5.64. The van der Waals surface area contributed by atoms with Gasteiger partial charge in [-0.2, -0.15) is 5.10 Å². The van der Waals surface area contributed by atoms with Crippen molar-refractivity contribution in [2.75, 3.05) is 40.3 Å². The molecule has 1 fully saturated rings. The van der Waals surface area contributed by atoms with Gasteiger partial charge in [-0.1, -0.05) is 11.6 Å². The van der Waals surface area contributed by atoms with Crippen LogP contribution in [0.3, 0.4) is 0 Å². The molecule has 8 nitrogen and oxygen atoms in total. The number of amides is 1. The van der Waals surface area contributed by atoms with Gasteiger partial charge in [-0.05, 0) is 31.2 Å². The van der Waals surface area contributed by atoms with Gasteiger partial charge >= 0.3 is 0 Å². The highest BCUT2D eigenvalue weighted by Crippen LogP contribution is 2.30. The predicted octanol–water partition coefficient (Wildman–Crippen LogP) is 0.866. The number of benzene rings is 1. The number of hydrazine groups is 1. The number of quaternary nitrogens is 1. The van der Waals surface area contributed by atoms with E-state index < -0.39 is 0 Å². The van der Waals surface area contributed by atoms with E-state index in [0.29, 0.717) is 27.3 Å². The fourth-order valence-electron chi connectivity index (χ4n) is 3.47. The lowest BCUT2D eigenvalue weighted by molar-refractivity contribution is -0.884. The number of carbonyl (C=O) groups is 1. The number of aryl methyl sites for hydroxylation is 1. The van der Waals surface area contributed by atoms with Crippen molar-refractivity contribution >= 4 is 28.5 Å². The van der Waals surface area contributed by atoms with E-state index in [1.807, 2.05) is 36.2 Å². The molecule has 0 atom stereocenters. The first-order chi connectivity index (χ1) is 14.0. The highest BCUT2D eigenvalue weighted by Gasteiger charge is 2.23. The molecule has 3 aromatic rings. The lowest BCUT2D eigenvalue weighted by Gasteiger charge is -2.30. The molecule has 2 N–H and O–H groups in total. The molecular formula is C20H24ClN6O2+. The van der Waals surface area contributed by atoms with Crippen LogP contribution in [0.2, 0.25) is 5.02 Å². The Morgan fingerprint density at radius 3 is 2.59 bits per heavy atom. The van der Waals surface area contributed by atoms with Crippen LogP contribution in [0.1, 0.15) is 16.1 Å². The molecule has 1 amide bonds. The number of hydrogen-bond donors (Lipinski definition) is 2. The van der Waals surface area contributed by atoms with Crippen molar-refractivity contribution in [2.45, 2.75) is 6.92 Å². The van der Waals surface area contributed by atoms with Crippen molar-refractivity contribution in [1.82, 2.24) is 25.2 Å². The molecule has 0 bridgehead atoms. The van der Waals surface area contributed by atoms with Crippen LogP contribution in [0.15, 0.2) is 30.5 Å². The quantitative estimate of drug-likeness (QED) is 0.661. The Kier molecular flexibility index (Phi) is 5.40. The Bertz CT molecular complexity index is 1040. The number of fused-ring (bicyclic) bond motifs is 1. The number of aromatic nitrogens is 3. The van der Waals surface area contributed by atoms with Crippen LogP contribution >= 0.6 is 11.6 Å². The molecule has 9 heteroatoms. The Hall–Kier alpha value is -2.68. The highest BCUT2D eigenvalue weighted by molar-refractivity contribution is 6.38. The first kappa shape index (κ1) is 19.6. The zero-order chi connectivity index (χ0) is 20.5. The summed E-state index contributed by atoms with van der Waals surface area (Å²) in [7, 11) is 3.77. The van der Waals surface area contributed by atoms with Crippen LogP contribution in [0.25, 0.3) is 16.7 Å². The molecule has 0 aliphatic carbocycles. The van der Waals surface area contributed by atoms with E-state index in [9.17, 15) is 4.79 Å². The minimum atomic E-state index is -0.249. The average Bonchev–Trinajstić information content (AvgIpc) is 3.07. The predicted molar refractivity (Wildman–Crippen MR) is 111 cm³/mol. The Balaban J connectivity index is 1.65. The maximum Gasteiger partial charge on any atom is 0.268 e. The van der Waals surface area contributed by atoms with Crippen molar-refractivity contribution in [2.24, 2.45) is 0 Å². The largest absolute Gasteiger partial charge is 0.497 e.